The van der Waals surface area contributed by atoms with Crippen molar-refractivity contribution >= 4 is 29.5 Å². The molecule has 2 aliphatic heterocycles. The van der Waals surface area contributed by atoms with Crippen molar-refractivity contribution in [2.75, 3.05) is 20.1 Å². The zero-order valence-electron chi connectivity index (χ0n) is 19.7. The average molecular weight is 492 g/mol. The molecular formula is C21H32F3N5O5. The number of likely N-dealkylation sites (N-methyl/N-ethyl adjacent to an activating group) is 1. The zero-order chi connectivity index (χ0) is 26.0. The molecule has 0 aromatic rings. The van der Waals surface area contributed by atoms with Gasteiger partial charge in [0.15, 0.2) is 0 Å². The predicted molar refractivity (Wildman–Crippen MR) is 114 cm³/mol. The van der Waals surface area contributed by atoms with Crippen LogP contribution in [0.2, 0.25) is 0 Å². The molecule has 0 aromatic heterocycles. The highest BCUT2D eigenvalue weighted by molar-refractivity contribution is 5.96. The number of nitrogens with zero attached hydrogens (tertiary/aromatic N) is 2. The maximum absolute atomic E-state index is 13.6. The van der Waals surface area contributed by atoms with Gasteiger partial charge in [0.05, 0.1) is 5.41 Å². The van der Waals surface area contributed by atoms with Crippen molar-refractivity contribution in [1.82, 2.24) is 20.4 Å². The van der Waals surface area contributed by atoms with Crippen molar-refractivity contribution in [3.05, 3.63) is 0 Å². The summed E-state index contributed by atoms with van der Waals surface area (Å²) in [5.41, 5.74) is 4.58. The van der Waals surface area contributed by atoms with Crippen molar-refractivity contribution < 1.29 is 37.1 Å². The number of amides is 5. The van der Waals surface area contributed by atoms with E-state index >= 15 is 0 Å². The first kappa shape index (κ1) is 27.4. The molecule has 10 nitrogen and oxygen atoms in total. The lowest BCUT2D eigenvalue weighted by molar-refractivity contribution is -0.175. The predicted octanol–water partition coefficient (Wildman–Crippen LogP) is -0.0909. The molecule has 0 radical (unpaired) electrons. The molecule has 4 atom stereocenters. The minimum atomic E-state index is -5.17. The molecule has 2 aliphatic rings. The topological polar surface area (TPSA) is 142 Å². The molecule has 0 bridgehead atoms. The fourth-order valence-electron chi connectivity index (χ4n) is 4.60. The first-order chi connectivity index (χ1) is 15.6. The van der Waals surface area contributed by atoms with Crippen LogP contribution in [0.3, 0.4) is 0 Å². The molecule has 4 N–H and O–H groups in total. The Labute approximate surface area is 195 Å². The van der Waals surface area contributed by atoms with Gasteiger partial charge in [-0.1, -0.05) is 13.8 Å². The van der Waals surface area contributed by atoms with Gasteiger partial charge in [-0.05, 0) is 38.5 Å². The molecule has 13 heteroatoms. The highest BCUT2D eigenvalue weighted by Gasteiger charge is 2.54. The summed E-state index contributed by atoms with van der Waals surface area (Å²) < 4.78 is 37.8. The average Bonchev–Trinajstić information content (AvgIpc) is 3.12. The van der Waals surface area contributed by atoms with E-state index in [4.69, 9.17) is 5.73 Å². The molecule has 2 heterocycles. The summed E-state index contributed by atoms with van der Waals surface area (Å²) in [5.74, 6) is -4.97. The summed E-state index contributed by atoms with van der Waals surface area (Å²) in [5, 5.41) is 4.35. The van der Waals surface area contributed by atoms with Gasteiger partial charge in [0.2, 0.25) is 23.6 Å². The SMILES string of the molecule is CC(C)C[C@@H](C(=O)N1C[C@@]2(CCCNC2=O)C[C@H]1C(N)=O)N(C)C(=O)[C@H](C)NC(=O)C(F)(F)F. The van der Waals surface area contributed by atoms with Crippen LogP contribution in [-0.2, 0) is 24.0 Å². The molecule has 0 saturated carbocycles. The first-order valence-electron chi connectivity index (χ1n) is 11.1. The van der Waals surface area contributed by atoms with Crippen LogP contribution in [0.4, 0.5) is 13.2 Å². The van der Waals surface area contributed by atoms with Gasteiger partial charge in [-0.3, -0.25) is 24.0 Å². The molecule has 1 spiro atoms. The van der Waals surface area contributed by atoms with E-state index in [0.29, 0.717) is 19.4 Å². The summed E-state index contributed by atoms with van der Waals surface area (Å²) in [6.45, 7) is 5.10. The van der Waals surface area contributed by atoms with Gasteiger partial charge in [0.1, 0.15) is 18.1 Å². The number of rotatable bonds is 7. The standard InChI is InChI=1S/C21H32F3N5O5/c1-11(2)8-13(28(4)16(31)12(3)27-19(34)21(22,23)24)17(32)29-10-20(9-14(29)15(25)30)6-5-7-26-18(20)33/h11-14H,5-10H2,1-4H3,(H2,25,30)(H,26,33)(H,27,34)/t12-,13-,14-,20+/m0/s1. The molecular weight excluding hydrogens is 459 g/mol. The Morgan fingerprint density at radius 3 is 2.38 bits per heavy atom. The van der Waals surface area contributed by atoms with Crippen LogP contribution in [0, 0.1) is 11.3 Å². The number of hydrogen-bond acceptors (Lipinski definition) is 5. The third-order valence-corrected chi connectivity index (χ3v) is 6.41. The normalized spacial score (nSPS) is 24.5. The number of carbonyl (C=O) groups excluding carboxylic acids is 5. The Balaban J connectivity index is 2.29. The van der Waals surface area contributed by atoms with Gasteiger partial charge >= 0.3 is 12.1 Å². The second-order valence-electron chi connectivity index (χ2n) is 9.52. The summed E-state index contributed by atoms with van der Waals surface area (Å²) >= 11 is 0. The summed E-state index contributed by atoms with van der Waals surface area (Å²) in [4.78, 5) is 64.7. The Morgan fingerprint density at radius 2 is 1.88 bits per heavy atom. The molecule has 0 aliphatic carbocycles. The van der Waals surface area contributed by atoms with Gasteiger partial charge in [-0.15, -0.1) is 0 Å². The van der Waals surface area contributed by atoms with E-state index in [-0.39, 0.29) is 31.2 Å². The van der Waals surface area contributed by atoms with Crippen molar-refractivity contribution in [2.45, 2.75) is 70.8 Å². The minimum absolute atomic E-state index is 0.0533. The van der Waals surface area contributed by atoms with Crippen molar-refractivity contribution in [2.24, 2.45) is 17.1 Å². The molecule has 5 amide bonds. The molecule has 2 fully saturated rings. The number of piperidine rings is 1. The van der Waals surface area contributed by atoms with E-state index in [1.54, 1.807) is 19.2 Å². The highest BCUT2D eigenvalue weighted by atomic mass is 19.4. The van der Waals surface area contributed by atoms with E-state index in [1.165, 1.54) is 11.9 Å². The number of carbonyl (C=O) groups is 5. The largest absolute Gasteiger partial charge is 0.471 e. The van der Waals surface area contributed by atoms with Gasteiger partial charge in [0, 0.05) is 20.1 Å². The van der Waals surface area contributed by atoms with Gasteiger partial charge in [0.25, 0.3) is 0 Å². The van der Waals surface area contributed by atoms with Crippen molar-refractivity contribution in [3.63, 3.8) is 0 Å². The fourth-order valence-corrected chi connectivity index (χ4v) is 4.60. The summed E-state index contributed by atoms with van der Waals surface area (Å²) in [6.07, 6.45) is -3.83. The van der Waals surface area contributed by atoms with Gasteiger partial charge in [-0.25, -0.2) is 0 Å². The van der Waals surface area contributed by atoms with E-state index in [0.717, 1.165) is 11.8 Å². The maximum atomic E-state index is 13.6. The van der Waals surface area contributed by atoms with Crippen LogP contribution in [0.25, 0.3) is 0 Å². The third-order valence-electron chi connectivity index (χ3n) is 6.41. The number of primary amides is 1. The van der Waals surface area contributed by atoms with Crippen molar-refractivity contribution in [1.29, 1.82) is 0 Å². The lowest BCUT2D eigenvalue weighted by Gasteiger charge is -2.36. The molecule has 2 saturated heterocycles. The number of nitrogens with two attached hydrogens (primary N) is 1. The van der Waals surface area contributed by atoms with Gasteiger partial charge in [-0.2, -0.15) is 13.2 Å². The summed E-state index contributed by atoms with van der Waals surface area (Å²) in [6, 6.07) is -3.75. The van der Waals surface area contributed by atoms with Crippen LogP contribution in [0.15, 0.2) is 0 Å². The maximum Gasteiger partial charge on any atom is 0.471 e. The first-order valence-corrected chi connectivity index (χ1v) is 11.1. The second-order valence-corrected chi connectivity index (χ2v) is 9.52. The van der Waals surface area contributed by atoms with Crippen molar-refractivity contribution in [3.8, 4) is 0 Å². The fraction of sp³-hybridized carbons (Fsp3) is 0.762. The van der Waals surface area contributed by atoms with Crippen LogP contribution in [0.5, 0.6) is 0 Å². The Kier molecular flexibility index (Phi) is 8.20. The molecule has 34 heavy (non-hydrogen) atoms. The van der Waals surface area contributed by atoms with Crippen LogP contribution in [-0.4, -0.2) is 83.8 Å². The number of alkyl halides is 3. The quantitative estimate of drug-likeness (QED) is 0.456. The van der Waals surface area contributed by atoms with E-state index in [1.807, 2.05) is 0 Å². The van der Waals surface area contributed by atoms with E-state index in [2.05, 4.69) is 5.32 Å². The highest BCUT2D eigenvalue weighted by Crippen LogP contribution is 2.41. The molecule has 192 valence electrons. The Bertz CT molecular complexity index is 849. The summed E-state index contributed by atoms with van der Waals surface area (Å²) in [7, 11) is 1.25. The molecule has 0 unspecified atom stereocenters. The van der Waals surface area contributed by atoms with E-state index in [9.17, 15) is 37.1 Å². The number of likely N-dealkylation sites (tertiary alicyclic amines) is 1. The smallest absolute Gasteiger partial charge is 0.368 e. The van der Waals surface area contributed by atoms with E-state index < -0.39 is 53.3 Å². The third kappa shape index (κ3) is 5.79. The van der Waals surface area contributed by atoms with Crippen LogP contribution in [0.1, 0.15) is 46.5 Å². The minimum Gasteiger partial charge on any atom is -0.368 e. The molecule has 0 aromatic carbocycles. The second kappa shape index (κ2) is 10.2. The Hall–Kier alpha value is -2.86. The lowest BCUT2D eigenvalue weighted by Crippen LogP contribution is -2.57. The monoisotopic (exact) mass is 491 g/mol. The van der Waals surface area contributed by atoms with Crippen LogP contribution >= 0.6 is 0 Å². The van der Waals surface area contributed by atoms with Gasteiger partial charge < -0.3 is 26.2 Å². The zero-order valence-corrected chi connectivity index (χ0v) is 19.7. The Morgan fingerprint density at radius 1 is 1.26 bits per heavy atom. The van der Waals surface area contributed by atoms with Crippen LogP contribution < -0.4 is 16.4 Å². The number of nitrogens with one attached hydrogen (secondary N) is 2. The number of halogens is 3. The lowest BCUT2D eigenvalue weighted by atomic mass is 9.78. The number of hydrogen-bond donors (Lipinski definition) is 3. The molecule has 2 rings (SSSR count).